The van der Waals surface area contributed by atoms with Gasteiger partial charge in [0.15, 0.2) is 0 Å². The zero-order valence-electron chi connectivity index (χ0n) is 34.6. The largest absolute Gasteiger partial charge is 0.489 e. The predicted molar refractivity (Wildman–Crippen MR) is 212 cm³/mol. The van der Waals surface area contributed by atoms with Crippen molar-refractivity contribution < 1.29 is 60.1 Å². The van der Waals surface area contributed by atoms with E-state index < -0.39 is 85.9 Å². The van der Waals surface area contributed by atoms with E-state index in [1.807, 2.05) is 6.92 Å². The Hall–Kier alpha value is -4.65. The first-order valence-corrected chi connectivity index (χ1v) is 21.7. The molecule has 0 bridgehead atoms. The van der Waals surface area contributed by atoms with E-state index in [1.165, 1.54) is 27.2 Å². The van der Waals surface area contributed by atoms with Crippen molar-refractivity contribution >= 4 is 44.6 Å². The third kappa shape index (κ3) is 8.74. The highest BCUT2D eigenvalue weighted by Gasteiger charge is 2.64. The van der Waals surface area contributed by atoms with E-state index in [1.54, 1.807) is 36.4 Å². The van der Waals surface area contributed by atoms with Crippen molar-refractivity contribution in [3.8, 4) is 11.6 Å². The Labute approximate surface area is 347 Å². The summed E-state index contributed by atoms with van der Waals surface area (Å²) in [5.41, 5.74) is -4.77. The van der Waals surface area contributed by atoms with Crippen LogP contribution in [-0.2, 0) is 29.1 Å². The highest BCUT2D eigenvalue weighted by Crippen LogP contribution is 2.48. The minimum Gasteiger partial charge on any atom is -0.489 e. The second kappa shape index (κ2) is 16.7. The number of carbonyl (C=O) groups excluding carboxylic acids is 3. The summed E-state index contributed by atoms with van der Waals surface area (Å²) in [7, 11) is -2.59. The Bertz CT molecular complexity index is 2130. The number of hydrogen-bond donors (Lipinski definition) is 3. The molecule has 1 saturated heterocycles. The average Bonchev–Trinajstić information content (AvgIpc) is 4.05. The summed E-state index contributed by atoms with van der Waals surface area (Å²) >= 11 is 0. The van der Waals surface area contributed by atoms with Gasteiger partial charge in [-0.3, -0.25) is 24.0 Å². The molecule has 2 aromatic rings. The lowest BCUT2D eigenvalue weighted by atomic mass is 9.85. The minimum absolute atomic E-state index is 0.0460. The number of sulfonamides is 1. The number of hydrogen-bond acceptors (Lipinski definition) is 10. The van der Waals surface area contributed by atoms with Crippen LogP contribution in [0.25, 0.3) is 10.8 Å². The van der Waals surface area contributed by atoms with Crippen LogP contribution in [-0.4, -0.2) is 119 Å². The molecule has 15 nitrogen and oxygen atoms in total. The van der Waals surface area contributed by atoms with Crippen molar-refractivity contribution in [1.29, 1.82) is 0 Å². The molecule has 3 N–H and O–H groups in total. The molecular formula is C41H54F3N5O10S. The number of carboxylic acid groups (broad SMARTS) is 1. The molecule has 3 fully saturated rings. The Morgan fingerprint density at radius 2 is 1.78 bits per heavy atom. The van der Waals surface area contributed by atoms with Gasteiger partial charge < -0.3 is 29.5 Å². The lowest BCUT2D eigenvalue weighted by Crippen LogP contribution is -2.66. The molecule has 7 atom stereocenters. The number of benzene rings is 1. The van der Waals surface area contributed by atoms with Crippen molar-refractivity contribution in [3.63, 3.8) is 0 Å². The van der Waals surface area contributed by atoms with E-state index in [9.17, 15) is 41.1 Å². The van der Waals surface area contributed by atoms with Gasteiger partial charge in [0.05, 0.1) is 24.1 Å². The van der Waals surface area contributed by atoms with E-state index in [-0.39, 0.29) is 49.1 Å². The molecule has 1 aromatic heterocycles. The van der Waals surface area contributed by atoms with Gasteiger partial charge >= 0.3 is 12.3 Å². The van der Waals surface area contributed by atoms with Gasteiger partial charge in [0, 0.05) is 30.2 Å². The molecular weight excluding hydrogens is 812 g/mol. The molecule has 1 aromatic carbocycles. The molecule has 0 unspecified atom stereocenters. The Kier molecular flexibility index (Phi) is 12.5. The van der Waals surface area contributed by atoms with Crippen LogP contribution in [0.3, 0.4) is 0 Å². The van der Waals surface area contributed by atoms with Crippen molar-refractivity contribution in [2.45, 2.75) is 120 Å². The number of amides is 4. The van der Waals surface area contributed by atoms with E-state index in [0.717, 1.165) is 4.90 Å². The van der Waals surface area contributed by atoms with Crippen LogP contribution < -0.4 is 19.5 Å². The molecule has 19 heteroatoms. The van der Waals surface area contributed by atoms with Gasteiger partial charge in [-0.2, -0.15) is 13.2 Å². The molecule has 2 saturated carbocycles. The Morgan fingerprint density at radius 1 is 1.10 bits per heavy atom. The van der Waals surface area contributed by atoms with Crippen LogP contribution in [0.4, 0.5) is 18.0 Å². The predicted octanol–water partition coefficient (Wildman–Crippen LogP) is 5.18. The van der Waals surface area contributed by atoms with Crippen LogP contribution in [0.2, 0.25) is 0 Å². The normalized spacial score (nSPS) is 28.9. The van der Waals surface area contributed by atoms with Gasteiger partial charge in [-0.25, -0.2) is 18.2 Å². The number of nitrogens with zero attached hydrogens (tertiary/aromatic N) is 3. The zero-order chi connectivity index (χ0) is 44.0. The van der Waals surface area contributed by atoms with Crippen LogP contribution in [0.15, 0.2) is 42.6 Å². The fraction of sp³-hybridized carbons (Fsp3) is 0.634. The smallest absolute Gasteiger partial charge is 0.411 e. The topological polar surface area (TPSA) is 194 Å². The summed E-state index contributed by atoms with van der Waals surface area (Å²) in [5.74, 6) is -4.11. The number of ether oxygens (including phenoxy) is 3. The zero-order valence-corrected chi connectivity index (χ0v) is 35.4. The number of aromatic nitrogens is 1. The highest BCUT2D eigenvalue weighted by molar-refractivity contribution is 7.91. The average molecular weight is 866 g/mol. The first kappa shape index (κ1) is 44.9. The number of rotatable bonds is 11. The molecule has 2 aliphatic carbocycles. The number of nitrogens with one attached hydrogen (secondary N) is 2. The van der Waals surface area contributed by atoms with Crippen LogP contribution in [0, 0.1) is 17.8 Å². The molecule has 2 aliphatic heterocycles. The molecule has 0 spiro atoms. The lowest BCUT2D eigenvalue weighted by Gasteiger charge is -2.45. The van der Waals surface area contributed by atoms with Crippen molar-refractivity contribution in [2.24, 2.45) is 17.8 Å². The second-order valence-corrected chi connectivity index (χ2v) is 19.6. The minimum atomic E-state index is -5.10. The monoisotopic (exact) mass is 865 g/mol. The Morgan fingerprint density at radius 3 is 2.42 bits per heavy atom. The molecule has 6 rings (SSSR count). The summed E-state index contributed by atoms with van der Waals surface area (Å²) in [4.78, 5) is 62.2. The first-order chi connectivity index (χ1) is 28.1. The summed E-state index contributed by atoms with van der Waals surface area (Å²) in [6.45, 7) is 6.45. The second-order valence-electron chi connectivity index (χ2n) is 17.4. The van der Waals surface area contributed by atoms with Crippen molar-refractivity contribution in [1.82, 2.24) is 24.8 Å². The number of pyridine rings is 1. The van der Waals surface area contributed by atoms with Gasteiger partial charge in [-0.1, -0.05) is 44.2 Å². The van der Waals surface area contributed by atoms with Crippen molar-refractivity contribution in [2.75, 3.05) is 26.9 Å². The number of halogens is 3. The van der Waals surface area contributed by atoms with E-state index in [0.29, 0.717) is 62.7 Å². The molecule has 60 heavy (non-hydrogen) atoms. The van der Waals surface area contributed by atoms with Crippen LogP contribution in [0.1, 0.15) is 79.6 Å². The maximum absolute atomic E-state index is 15.0. The van der Waals surface area contributed by atoms with Gasteiger partial charge in [0.1, 0.15) is 41.6 Å². The summed E-state index contributed by atoms with van der Waals surface area (Å²) in [6.07, 6.45) is -1.46. The maximum Gasteiger partial charge on any atom is 0.411 e. The van der Waals surface area contributed by atoms with Crippen LogP contribution in [0.5, 0.6) is 11.6 Å². The number of carbonyl (C=O) groups is 4. The maximum atomic E-state index is 15.0. The summed E-state index contributed by atoms with van der Waals surface area (Å²) in [6, 6.07) is 3.65. The summed E-state index contributed by atoms with van der Waals surface area (Å²) in [5, 5.41) is 14.4. The van der Waals surface area contributed by atoms with Gasteiger partial charge in [0.25, 0.3) is 5.91 Å². The summed E-state index contributed by atoms with van der Waals surface area (Å²) < 4.78 is 89.0. The van der Waals surface area contributed by atoms with E-state index in [4.69, 9.17) is 14.2 Å². The van der Waals surface area contributed by atoms with Crippen molar-refractivity contribution in [3.05, 3.63) is 42.6 Å². The third-order valence-electron chi connectivity index (χ3n) is 12.5. The molecule has 0 radical (unpaired) electrons. The first-order valence-electron chi connectivity index (χ1n) is 20.2. The molecule has 3 heterocycles. The molecule has 4 amide bonds. The van der Waals surface area contributed by atoms with E-state index in [2.05, 4.69) is 15.0 Å². The number of methoxy groups -OCH3 is 1. The number of fused-ring (bicyclic) bond motifs is 3. The third-order valence-corrected chi connectivity index (χ3v) is 14.7. The molecule has 330 valence electrons. The highest BCUT2D eigenvalue weighted by atomic mass is 32.2. The van der Waals surface area contributed by atoms with Gasteiger partial charge in [-0.05, 0) is 77.2 Å². The van der Waals surface area contributed by atoms with Crippen LogP contribution >= 0.6 is 0 Å². The Balaban J connectivity index is 1.41. The van der Waals surface area contributed by atoms with Gasteiger partial charge in [-0.15, -0.1) is 0 Å². The quantitative estimate of drug-likeness (QED) is 0.199. The van der Waals surface area contributed by atoms with Gasteiger partial charge in [0.2, 0.25) is 27.7 Å². The SMILES string of the molecule is COCCOc1cnc(O[C@@H]2C[C@H]3C(=O)N[C@]4(C(=O)NS(=O)(=O)C5(C)CC5)C[C@H]4/C=C\CC[C@H](C)C[C@@H](C)[C@H](N(C(=O)O)C(C)(C)C(F)(F)F)C(=O)N3C2)c2ccccc12. The fourth-order valence-electron chi connectivity index (χ4n) is 8.33. The fourth-order valence-corrected chi connectivity index (χ4v) is 9.64. The number of alkyl halides is 3. The molecule has 4 aliphatic rings. The number of allylic oxidation sites excluding steroid dienone is 1. The van der Waals surface area contributed by atoms with E-state index >= 15 is 4.79 Å². The lowest BCUT2D eigenvalue weighted by molar-refractivity contribution is -0.222. The standard InChI is InChI=1S/C41H54F3N5O10S/c1-24-11-7-8-12-26-21-40(26,36(52)47-60(55,56)39(5)15-16-39)46-33(50)30-20-27(59-34-29-14-10-9-13-28(29)31(22-45-34)58-18-17-57-6)23-48(30)35(51)32(25(2)19-24)49(37(53)54)38(3,4)41(42,43)44/h8-10,12-14,22,24-27,30,32H,7,11,15-21,23H2,1-6H3,(H,46,50)(H,47,52)(H,53,54)/b12-8-/t24-,25+,26+,27+,30-,32-,40+/m0/s1.